The van der Waals surface area contributed by atoms with Crippen LogP contribution in [-0.2, 0) is 4.79 Å². The summed E-state index contributed by atoms with van der Waals surface area (Å²) in [5, 5.41) is 6.88. The lowest BCUT2D eigenvalue weighted by atomic mass is 9.92. The maximum atomic E-state index is 13.0. The number of carbonyl (C=O) groups excluding carboxylic acids is 2. The van der Waals surface area contributed by atoms with Crippen molar-refractivity contribution in [3.8, 4) is 0 Å². The van der Waals surface area contributed by atoms with E-state index in [9.17, 15) is 9.59 Å². The summed E-state index contributed by atoms with van der Waals surface area (Å²) in [7, 11) is 0. The molecule has 5 nitrogen and oxygen atoms in total. The van der Waals surface area contributed by atoms with Crippen LogP contribution >= 0.6 is 24.0 Å². The highest BCUT2D eigenvalue weighted by Gasteiger charge is 2.32. The molecule has 2 saturated heterocycles. The number of hydrogen-bond donors (Lipinski definition) is 2. The Morgan fingerprint density at radius 3 is 2.63 bits per heavy atom. The van der Waals surface area contributed by atoms with Gasteiger partial charge < -0.3 is 15.5 Å². The molecule has 2 unspecified atom stereocenters. The van der Waals surface area contributed by atoms with E-state index in [4.69, 9.17) is 11.6 Å². The largest absolute Gasteiger partial charge is 0.337 e. The second-order valence-corrected chi connectivity index (χ2v) is 9.07. The average molecular weight is 414 g/mol. The fraction of sp³-hybridized carbons (Fsp3) is 0.600. The van der Waals surface area contributed by atoms with Crippen LogP contribution in [-0.4, -0.2) is 41.9 Å². The van der Waals surface area contributed by atoms with E-state index < -0.39 is 0 Å². The number of nitrogens with zero attached hydrogens (tertiary/aromatic N) is 1. The van der Waals surface area contributed by atoms with Gasteiger partial charge in [0.25, 0.3) is 5.91 Å². The van der Waals surface area contributed by atoms with Gasteiger partial charge in [-0.1, -0.05) is 32.4 Å². The maximum absolute atomic E-state index is 13.0. The van der Waals surface area contributed by atoms with E-state index in [0.717, 1.165) is 19.4 Å². The molecule has 2 bridgehead atoms. The summed E-state index contributed by atoms with van der Waals surface area (Å²) in [6.45, 7) is 7.51. The number of carbonyl (C=O) groups is 2. The lowest BCUT2D eigenvalue weighted by molar-refractivity contribution is -0.117. The number of amides is 2. The minimum absolute atomic E-state index is 0. The van der Waals surface area contributed by atoms with E-state index in [-0.39, 0.29) is 29.6 Å². The number of benzene rings is 1. The van der Waals surface area contributed by atoms with Crippen molar-refractivity contribution in [1.29, 1.82) is 0 Å². The Balaban J connectivity index is 0.00000261. The highest BCUT2D eigenvalue weighted by molar-refractivity contribution is 6.34. The molecule has 0 aliphatic carbocycles. The second-order valence-electron chi connectivity index (χ2n) is 8.66. The Bertz CT molecular complexity index is 703. The predicted octanol–water partition coefficient (Wildman–Crippen LogP) is 4.10. The van der Waals surface area contributed by atoms with Crippen molar-refractivity contribution in [2.45, 2.75) is 58.5 Å². The summed E-state index contributed by atoms with van der Waals surface area (Å²) in [4.78, 5) is 27.1. The van der Waals surface area contributed by atoms with Crippen molar-refractivity contribution < 1.29 is 9.59 Å². The van der Waals surface area contributed by atoms with Crippen LogP contribution in [0.15, 0.2) is 18.2 Å². The molecule has 0 saturated carbocycles. The van der Waals surface area contributed by atoms with Crippen molar-refractivity contribution >= 4 is 41.5 Å². The molecule has 1 aromatic rings. The first-order valence-corrected chi connectivity index (χ1v) is 9.74. The molecule has 2 heterocycles. The van der Waals surface area contributed by atoms with E-state index >= 15 is 0 Å². The van der Waals surface area contributed by atoms with Crippen LogP contribution in [0, 0.1) is 5.41 Å². The normalized spacial score (nSPS) is 22.0. The Kier molecular flexibility index (Phi) is 7.17. The number of nitrogens with one attached hydrogen (secondary N) is 2. The Hall–Kier alpha value is -1.30. The third kappa shape index (κ3) is 5.84. The zero-order chi connectivity index (χ0) is 18.9. The summed E-state index contributed by atoms with van der Waals surface area (Å²) in [5.41, 5.74) is 0.979. The summed E-state index contributed by atoms with van der Waals surface area (Å²) in [6.07, 6.45) is 3.70. The first kappa shape index (κ1) is 22.0. The summed E-state index contributed by atoms with van der Waals surface area (Å²) >= 11 is 6.30. The second kappa shape index (κ2) is 8.80. The number of likely N-dealkylation sites (tertiary alicyclic amines) is 1. The smallest absolute Gasteiger partial charge is 0.255 e. The van der Waals surface area contributed by atoms with Crippen LogP contribution < -0.4 is 10.6 Å². The fourth-order valence-corrected chi connectivity index (χ4v) is 3.95. The summed E-state index contributed by atoms with van der Waals surface area (Å²) < 4.78 is 0. The molecule has 0 radical (unpaired) electrons. The highest BCUT2D eigenvalue weighted by atomic mass is 35.5. The fourth-order valence-electron chi connectivity index (χ4n) is 3.75. The first-order valence-electron chi connectivity index (χ1n) is 9.36. The van der Waals surface area contributed by atoms with E-state index in [1.54, 1.807) is 18.2 Å². The van der Waals surface area contributed by atoms with Crippen LogP contribution in [0.4, 0.5) is 5.69 Å². The lowest BCUT2D eigenvalue weighted by Gasteiger charge is -2.25. The molecule has 3 rings (SSSR count). The molecule has 27 heavy (non-hydrogen) atoms. The van der Waals surface area contributed by atoms with Crippen LogP contribution in [0.25, 0.3) is 0 Å². The summed E-state index contributed by atoms with van der Waals surface area (Å²) in [5.74, 6) is -0.120. The van der Waals surface area contributed by atoms with Crippen LogP contribution in [0.5, 0.6) is 0 Å². The Morgan fingerprint density at radius 2 is 1.93 bits per heavy atom. The number of anilines is 1. The monoisotopic (exact) mass is 413 g/mol. The van der Waals surface area contributed by atoms with E-state index in [1.165, 1.54) is 6.42 Å². The Morgan fingerprint density at radius 1 is 1.22 bits per heavy atom. The molecule has 2 N–H and O–H groups in total. The van der Waals surface area contributed by atoms with Crippen molar-refractivity contribution in [3.05, 3.63) is 28.8 Å². The van der Waals surface area contributed by atoms with Gasteiger partial charge in [-0.2, -0.15) is 0 Å². The standard InChI is InChI=1S/C20H28ClN3O2.ClH/c1-20(2,3)11-18(25)23-14-6-7-17(21)16(10-14)19(26)24-9-8-13-4-5-15(12-24)22-13;/h6-7,10,13,15,22H,4-5,8-9,11-12H2,1-3H3,(H,23,25);1H. The van der Waals surface area contributed by atoms with Crippen molar-refractivity contribution in [1.82, 2.24) is 10.2 Å². The van der Waals surface area contributed by atoms with Gasteiger partial charge in [0.1, 0.15) is 0 Å². The topological polar surface area (TPSA) is 61.4 Å². The average Bonchev–Trinajstić information content (AvgIpc) is 2.86. The van der Waals surface area contributed by atoms with Gasteiger partial charge >= 0.3 is 0 Å². The van der Waals surface area contributed by atoms with Crippen LogP contribution in [0.3, 0.4) is 0 Å². The molecule has 2 aliphatic heterocycles. The number of halogens is 2. The van der Waals surface area contributed by atoms with Gasteiger partial charge in [-0.15, -0.1) is 12.4 Å². The third-order valence-electron chi connectivity index (χ3n) is 4.98. The number of fused-ring (bicyclic) bond motifs is 2. The zero-order valence-electron chi connectivity index (χ0n) is 16.2. The van der Waals surface area contributed by atoms with Gasteiger partial charge in [0, 0.05) is 37.3 Å². The van der Waals surface area contributed by atoms with Crippen molar-refractivity contribution in [3.63, 3.8) is 0 Å². The third-order valence-corrected chi connectivity index (χ3v) is 5.31. The molecule has 2 atom stereocenters. The van der Waals surface area contributed by atoms with Gasteiger partial charge in [0.2, 0.25) is 5.91 Å². The maximum Gasteiger partial charge on any atom is 0.255 e. The number of rotatable bonds is 3. The molecule has 2 fully saturated rings. The molecule has 2 aliphatic rings. The molecule has 1 aromatic carbocycles. The van der Waals surface area contributed by atoms with Gasteiger partial charge in [-0.05, 0) is 42.9 Å². The Labute approximate surface area is 172 Å². The van der Waals surface area contributed by atoms with Gasteiger partial charge in [-0.3, -0.25) is 9.59 Å². The van der Waals surface area contributed by atoms with E-state index in [2.05, 4.69) is 10.6 Å². The number of hydrogen-bond acceptors (Lipinski definition) is 3. The van der Waals surface area contributed by atoms with Crippen molar-refractivity contribution in [2.24, 2.45) is 5.41 Å². The van der Waals surface area contributed by atoms with Gasteiger partial charge in [-0.25, -0.2) is 0 Å². The SMILES string of the molecule is CC(C)(C)CC(=O)Nc1ccc(Cl)c(C(=O)N2CCC3CCC(C2)N3)c1.Cl. The van der Waals surface area contributed by atoms with Crippen molar-refractivity contribution in [2.75, 3.05) is 18.4 Å². The zero-order valence-corrected chi connectivity index (χ0v) is 17.8. The minimum atomic E-state index is -0.0898. The van der Waals surface area contributed by atoms with Gasteiger partial charge in [0.15, 0.2) is 0 Å². The quantitative estimate of drug-likeness (QED) is 0.783. The molecule has 2 amide bonds. The molecule has 0 spiro atoms. The van der Waals surface area contributed by atoms with E-state index in [1.807, 2.05) is 25.7 Å². The highest BCUT2D eigenvalue weighted by Crippen LogP contribution is 2.26. The van der Waals surface area contributed by atoms with Gasteiger partial charge in [0.05, 0.1) is 10.6 Å². The molecular formula is C20H29Cl2N3O2. The minimum Gasteiger partial charge on any atom is -0.337 e. The van der Waals surface area contributed by atoms with E-state index in [0.29, 0.717) is 41.3 Å². The predicted molar refractivity (Wildman–Crippen MR) is 112 cm³/mol. The summed E-state index contributed by atoms with van der Waals surface area (Å²) in [6, 6.07) is 6.02. The van der Waals surface area contributed by atoms with Crippen LogP contribution in [0.1, 0.15) is 56.8 Å². The molecule has 0 aromatic heterocycles. The van der Waals surface area contributed by atoms with Crippen LogP contribution in [0.2, 0.25) is 5.02 Å². The molecular weight excluding hydrogens is 385 g/mol. The lowest BCUT2D eigenvalue weighted by Crippen LogP contribution is -2.39. The molecule has 150 valence electrons. The first-order chi connectivity index (χ1) is 12.2. The molecule has 7 heteroatoms.